The van der Waals surface area contributed by atoms with E-state index in [1.165, 1.54) is 0 Å². The summed E-state index contributed by atoms with van der Waals surface area (Å²) < 4.78 is 43.2. The number of rotatable bonds is 5. The third-order valence-electron chi connectivity index (χ3n) is 7.26. The van der Waals surface area contributed by atoms with Crippen molar-refractivity contribution in [3.05, 3.63) is 12.4 Å². The van der Waals surface area contributed by atoms with Gasteiger partial charge < -0.3 is 23.4 Å². The molecule has 2 aliphatic rings. The number of nitrogen functional groups attached to an aromatic ring is 1. The summed E-state index contributed by atoms with van der Waals surface area (Å²) in [4.78, 5) is 11.8. The number of anilines is 1. The zero-order valence-corrected chi connectivity index (χ0v) is 23.4. The summed E-state index contributed by atoms with van der Waals surface area (Å²) in [5.41, 5.74) is 7.50. The van der Waals surface area contributed by atoms with Crippen molar-refractivity contribution < 1.29 is 22.1 Å². The van der Waals surface area contributed by atoms with Gasteiger partial charge in [0.15, 0.2) is 17.0 Å². The van der Waals surface area contributed by atoms with Gasteiger partial charge >= 0.3 is 23.2 Å². The summed E-state index contributed by atoms with van der Waals surface area (Å²) in [5, 5.41) is 0. The lowest BCUT2D eigenvalue weighted by Gasteiger charge is -2.51. The average molecular weight is 512 g/mol. The van der Waals surface area contributed by atoms with Crippen LogP contribution >= 0.6 is 0 Å². The molecule has 2 aromatic rings. The Balaban J connectivity index is 1.73. The van der Waals surface area contributed by atoms with Crippen molar-refractivity contribution in [1.82, 2.24) is 19.5 Å². The average Bonchev–Trinajstić information content (AvgIpc) is 3.31. The van der Waals surface area contributed by atoms with Crippen molar-refractivity contribution in [2.75, 3.05) is 12.3 Å². The van der Waals surface area contributed by atoms with Crippen molar-refractivity contribution >= 4 is 34.1 Å². The molecule has 2 aromatic heterocycles. The number of imidazole rings is 1. The standard InChI is InChI=1S/C22H38FN5O4Si2/c1-12(2)33(13(3)4)29-10-17-16(31-34(32-33,14(5)6)15(7)8)9-18(30-17)28-11-25-19-20(24)26-22(23)27-21(19)28/h11-18H,9-10H2,1-8H3,(H2,24,26,27)/t16-,17+,18+/m0/s1. The first-order chi connectivity index (χ1) is 15.9. The Labute approximate surface area is 203 Å². The van der Waals surface area contributed by atoms with E-state index in [2.05, 4.69) is 70.3 Å². The summed E-state index contributed by atoms with van der Waals surface area (Å²) in [5.74, 6) is 0.00827. The maximum absolute atomic E-state index is 13.9. The summed E-state index contributed by atoms with van der Waals surface area (Å²) in [6.07, 6.45) is 0.321. The Kier molecular flexibility index (Phi) is 6.95. The van der Waals surface area contributed by atoms with Crippen LogP contribution in [-0.2, 0) is 17.7 Å². The predicted octanol–water partition coefficient (Wildman–Crippen LogP) is 4.79. The van der Waals surface area contributed by atoms with Gasteiger partial charge in [0.25, 0.3) is 0 Å². The molecule has 3 atom stereocenters. The summed E-state index contributed by atoms with van der Waals surface area (Å²) in [7, 11) is -5.36. The Bertz CT molecular complexity index is 1020. The molecule has 0 unspecified atom stereocenters. The normalized spacial score (nSPS) is 27.0. The highest BCUT2D eigenvalue weighted by Gasteiger charge is 2.60. The Morgan fingerprint density at radius 1 is 0.971 bits per heavy atom. The van der Waals surface area contributed by atoms with Crippen LogP contribution in [0.3, 0.4) is 0 Å². The Morgan fingerprint density at radius 2 is 1.59 bits per heavy atom. The largest absolute Gasteiger partial charge is 0.414 e. The van der Waals surface area contributed by atoms with Gasteiger partial charge in [0.2, 0.25) is 0 Å². The van der Waals surface area contributed by atoms with Crippen molar-refractivity contribution in [3.8, 4) is 0 Å². The van der Waals surface area contributed by atoms with E-state index in [1.807, 2.05) is 0 Å². The van der Waals surface area contributed by atoms with Crippen LogP contribution in [0.4, 0.5) is 10.2 Å². The molecule has 0 saturated carbocycles. The molecule has 12 heteroatoms. The van der Waals surface area contributed by atoms with Crippen molar-refractivity contribution in [2.24, 2.45) is 0 Å². The topological polar surface area (TPSA) is 107 Å². The second-order valence-electron chi connectivity index (χ2n) is 10.7. The van der Waals surface area contributed by atoms with Crippen LogP contribution in [0.1, 0.15) is 68.0 Å². The highest BCUT2D eigenvalue weighted by atomic mass is 28.5. The van der Waals surface area contributed by atoms with Gasteiger partial charge in [0.05, 0.1) is 19.0 Å². The van der Waals surface area contributed by atoms with Crippen LogP contribution in [0.2, 0.25) is 22.2 Å². The van der Waals surface area contributed by atoms with E-state index in [-0.39, 0.29) is 40.2 Å². The minimum atomic E-state index is -2.73. The van der Waals surface area contributed by atoms with Gasteiger partial charge in [-0.3, -0.25) is 4.57 Å². The molecule has 2 fully saturated rings. The molecular weight excluding hydrogens is 473 g/mol. The van der Waals surface area contributed by atoms with Crippen molar-refractivity contribution in [2.45, 2.75) is 102 Å². The fourth-order valence-electron chi connectivity index (χ4n) is 5.43. The lowest BCUT2D eigenvalue weighted by molar-refractivity contribution is -0.0544. The van der Waals surface area contributed by atoms with E-state index < -0.39 is 29.4 Å². The van der Waals surface area contributed by atoms with Gasteiger partial charge in [-0.15, -0.1) is 0 Å². The van der Waals surface area contributed by atoms with E-state index >= 15 is 0 Å². The fourth-order valence-corrected chi connectivity index (χ4v) is 16.6. The molecule has 190 valence electrons. The molecule has 0 aromatic carbocycles. The molecule has 2 N–H and O–H groups in total. The SMILES string of the molecule is CC(C)[Si]1(C(C)C)OC[C@H]2O[C@@H](n3cnc4c(N)nc(F)nc43)C[C@@H]2O[Si](C(C)C)(C(C)C)O1. The van der Waals surface area contributed by atoms with Gasteiger partial charge in [-0.05, 0) is 22.2 Å². The zero-order valence-electron chi connectivity index (χ0n) is 21.4. The van der Waals surface area contributed by atoms with Crippen LogP contribution < -0.4 is 5.73 Å². The van der Waals surface area contributed by atoms with Gasteiger partial charge in [-0.2, -0.15) is 14.4 Å². The maximum atomic E-state index is 13.9. The lowest BCUT2D eigenvalue weighted by Crippen LogP contribution is -2.65. The van der Waals surface area contributed by atoms with Crippen LogP contribution in [0.15, 0.2) is 6.33 Å². The first kappa shape index (κ1) is 25.6. The van der Waals surface area contributed by atoms with E-state index in [4.69, 9.17) is 23.4 Å². The molecule has 4 heterocycles. The van der Waals surface area contributed by atoms with Crippen LogP contribution in [0, 0.1) is 6.08 Å². The van der Waals surface area contributed by atoms with E-state index in [9.17, 15) is 4.39 Å². The molecule has 34 heavy (non-hydrogen) atoms. The number of nitrogens with zero attached hydrogens (tertiary/aromatic N) is 4. The highest BCUT2D eigenvalue weighted by Crippen LogP contribution is 2.48. The molecule has 4 rings (SSSR count). The summed E-state index contributed by atoms with van der Waals surface area (Å²) in [6.45, 7) is 18.0. The molecule has 0 radical (unpaired) electrons. The third kappa shape index (κ3) is 4.11. The minimum Gasteiger partial charge on any atom is -0.414 e. The number of halogens is 1. The van der Waals surface area contributed by atoms with Gasteiger partial charge in [0, 0.05) is 6.42 Å². The van der Waals surface area contributed by atoms with Crippen molar-refractivity contribution in [3.63, 3.8) is 0 Å². The van der Waals surface area contributed by atoms with E-state index in [1.54, 1.807) is 10.9 Å². The summed E-state index contributed by atoms with van der Waals surface area (Å²) in [6, 6.07) is 0. The number of hydrogen-bond donors (Lipinski definition) is 1. The molecule has 0 bridgehead atoms. The van der Waals surface area contributed by atoms with Crippen LogP contribution in [-0.4, -0.2) is 55.5 Å². The molecule has 2 saturated heterocycles. The summed E-state index contributed by atoms with van der Waals surface area (Å²) >= 11 is 0. The first-order valence-corrected chi connectivity index (χ1v) is 16.2. The number of nitrogens with two attached hydrogens (primary N) is 1. The fraction of sp³-hybridized carbons (Fsp3) is 0.773. The molecule has 0 spiro atoms. The van der Waals surface area contributed by atoms with Gasteiger partial charge in [-0.1, -0.05) is 55.4 Å². The van der Waals surface area contributed by atoms with Crippen LogP contribution in [0.25, 0.3) is 11.2 Å². The number of ether oxygens (including phenoxy) is 1. The molecule has 9 nitrogen and oxygen atoms in total. The minimum absolute atomic E-state index is 0.00827. The third-order valence-corrected chi connectivity index (χ3v) is 17.5. The van der Waals surface area contributed by atoms with Gasteiger partial charge in [0.1, 0.15) is 12.3 Å². The lowest BCUT2D eigenvalue weighted by atomic mass is 10.2. The molecular formula is C22H38FN5O4Si2. The second kappa shape index (κ2) is 9.21. The van der Waals surface area contributed by atoms with Crippen molar-refractivity contribution in [1.29, 1.82) is 0 Å². The number of aromatic nitrogens is 4. The Morgan fingerprint density at radius 3 is 2.18 bits per heavy atom. The molecule has 0 aliphatic carbocycles. The number of hydrogen-bond acceptors (Lipinski definition) is 8. The number of fused-ring (bicyclic) bond motifs is 2. The second-order valence-corrected chi connectivity index (χ2v) is 19.5. The zero-order chi connectivity index (χ0) is 25.0. The molecule has 0 amide bonds. The quantitative estimate of drug-likeness (QED) is 0.451. The smallest absolute Gasteiger partial charge is 0.335 e. The predicted molar refractivity (Wildman–Crippen MR) is 132 cm³/mol. The highest BCUT2D eigenvalue weighted by molar-refractivity contribution is 6.83. The monoisotopic (exact) mass is 511 g/mol. The van der Waals surface area contributed by atoms with E-state index in [0.29, 0.717) is 24.2 Å². The van der Waals surface area contributed by atoms with Crippen LogP contribution in [0.5, 0.6) is 0 Å². The maximum Gasteiger partial charge on any atom is 0.335 e. The molecule has 2 aliphatic heterocycles. The van der Waals surface area contributed by atoms with Gasteiger partial charge in [-0.25, -0.2) is 4.98 Å². The van der Waals surface area contributed by atoms with E-state index in [0.717, 1.165) is 0 Å². The Hall–Kier alpha value is -1.45. The first-order valence-electron chi connectivity index (χ1n) is 12.2.